The maximum atomic E-state index is 12.6. The zero-order chi connectivity index (χ0) is 20.1. The van der Waals surface area contributed by atoms with Gasteiger partial charge in [0.1, 0.15) is 0 Å². The summed E-state index contributed by atoms with van der Waals surface area (Å²) in [5, 5.41) is 4.50. The summed E-state index contributed by atoms with van der Waals surface area (Å²) in [6.45, 7) is 4.88. The van der Waals surface area contributed by atoms with Crippen LogP contribution in [0.2, 0.25) is 0 Å². The number of para-hydroxylation sites is 1. The van der Waals surface area contributed by atoms with Crippen LogP contribution in [0.5, 0.6) is 0 Å². The Kier molecular flexibility index (Phi) is 6.88. The highest BCUT2D eigenvalue weighted by atomic mass is 16.5. The third-order valence-corrected chi connectivity index (χ3v) is 6.82. The summed E-state index contributed by atoms with van der Waals surface area (Å²) < 4.78 is 7.48. The van der Waals surface area contributed by atoms with Crippen LogP contribution in [0.3, 0.4) is 0 Å². The Morgan fingerprint density at radius 3 is 2.93 bits per heavy atom. The molecule has 2 aromatic rings. The second kappa shape index (κ2) is 9.77. The molecule has 0 bridgehead atoms. The lowest BCUT2D eigenvalue weighted by atomic mass is 9.83. The molecular weight excluding hydrogens is 362 g/mol. The molecule has 1 aromatic carbocycles. The molecule has 29 heavy (non-hydrogen) atoms. The van der Waals surface area contributed by atoms with E-state index >= 15 is 0 Å². The second-order valence-electron chi connectivity index (χ2n) is 8.66. The minimum atomic E-state index is 0.187. The Hall–Kier alpha value is -1.85. The molecular formula is C24H35N3O2. The minimum absolute atomic E-state index is 0.187. The zero-order valence-electron chi connectivity index (χ0n) is 17.7. The summed E-state index contributed by atoms with van der Waals surface area (Å²) in [5.74, 6) is 0.815. The molecule has 5 heteroatoms. The van der Waals surface area contributed by atoms with E-state index in [0.29, 0.717) is 25.0 Å². The van der Waals surface area contributed by atoms with Crippen molar-refractivity contribution in [2.24, 2.45) is 5.92 Å². The molecule has 1 aromatic heterocycles. The quantitative estimate of drug-likeness (QED) is 0.740. The number of benzene rings is 1. The smallest absolute Gasteiger partial charge is 0.220 e. The number of amides is 1. The molecule has 2 unspecified atom stereocenters. The number of hydrogen-bond donors (Lipinski definition) is 1. The Labute approximate surface area is 174 Å². The van der Waals surface area contributed by atoms with Crippen molar-refractivity contribution in [3.05, 3.63) is 36.0 Å². The van der Waals surface area contributed by atoms with E-state index < -0.39 is 0 Å². The van der Waals surface area contributed by atoms with Gasteiger partial charge in [-0.2, -0.15) is 0 Å². The number of rotatable bonds is 8. The van der Waals surface area contributed by atoms with Crippen LogP contribution >= 0.6 is 0 Å². The number of carbonyl (C=O) groups is 1. The molecule has 0 radical (unpaired) electrons. The number of fused-ring (bicyclic) bond motifs is 2. The van der Waals surface area contributed by atoms with Gasteiger partial charge in [-0.1, -0.05) is 24.6 Å². The van der Waals surface area contributed by atoms with E-state index in [4.69, 9.17) is 4.74 Å². The molecule has 2 atom stereocenters. The van der Waals surface area contributed by atoms with Crippen LogP contribution in [0.25, 0.3) is 10.9 Å². The standard InChI is InChI=1S/C24H35N3O2/c1-29-16-15-27-18-20(21-8-2-3-10-23(21)27)11-12-24(28)25-17-19-7-6-14-26-13-5-4-9-22(19)26/h2-3,8,10,18-19,22H,4-7,9,11-17H2,1H3,(H,25,28). The number of ether oxygens (including phenoxy) is 1. The van der Waals surface area contributed by atoms with Gasteiger partial charge >= 0.3 is 0 Å². The SMILES string of the molecule is COCCn1cc(CCC(=O)NCC2CCCN3CCCCC23)c2ccccc21. The molecule has 0 spiro atoms. The van der Waals surface area contributed by atoms with Crippen LogP contribution in [0.1, 0.15) is 44.1 Å². The predicted octanol–water partition coefficient (Wildman–Crippen LogP) is 3.60. The second-order valence-corrected chi connectivity index (χ2v) is 8.66. The first kappa shape index (κ1) is 20.4. The fourth-order valence-corrected chi connectivity index (χ4v) is 5.29. The van der Waals surface area contributed by atoms with Crippen molar-refractivity contribution in [2.45, 2.75) is 57.5 Å². The van der Waals surface area contributed by atoms with Gasteiger partial charge in [0, 0.05) is 49.8 Å². The van der Waals surface area contributed by atoms with Crippen LogP contribution in [-0.4, -0.2) is 54.8 Å². The van der Waals surface area contributed by atoms with Gasteiger partial charge in [0.05, 0.1) is 6.61 Å². The minimum Gasteiger partial charge on any atom is -0.383 e. The van der Waals surface area contributed by atoms with E-state index in [0.717, 1.165) is 19.5 Å². The molecule has 1 N–H and O–H groups in total. The molecule has 2 aliphatic rings. The average molecular weight is 398 g/mol. The Balaban J connectivity index is 1.31. The van der Waals surface area contributed by atoms with Crippen LogP contribution in [0, 0.1) is 5.92 Å². The molecule has 1 amide bonds. The Morgan fingerprint density at radius 2 is 2.03 bits per heavy atom. The largest absolute Gasteiger partial charge is 0.383 e. The van der Waals surface area contributed by atoms with E-state index in [2.05, 4.69) is 45.2 Å². The van der Waals surface area contributed by atoms with Gasteiger partial charge in [0.25, 0.3) is 0 Å². The number of hydrogen-bond acceptors (Lipinski definition) is 3. The van der Waals surface area contributed by atoms with Gasteiger partial charge in [-0.05, 0) is 62.7 Å². The maximum Gasteiger partial charge on any atom is 0.220 e. The number of carbonyl (C=O) groups excluding carboxylic acids is 1. The number of nitrogens with zero attached hydrogens (tertiary/aromatic N) is 2. The molecule has 158 valence electrons. The number of nitrogens with one attached hydrogen (secondary N) is 1. The third-order valence-electron chi connectivity index (χ3n) is 6.82. The van der Waals surface area contributed by atoms with Gasteiger partial charge in [-0.15, -0.1) is 0 Å². The first-order valence-electron chi connectivity index (χ1n) is 11.3. The monoisotopic (exact) mass is 397 g/mol. The number of methoxy groups -OCH3 is 1. The molecule has 5 nitrogen and oxygen atoms in total. The van der Waals surface area contributed by atoms with Crippen molar-refractivity contribution >= 4 is 16.8 Å². The van der Waals surface area contributed by atoms with Crippen LogP contribution in [-0.2, 0) is 22.5 Å². The first-order valence-corrected chi connectivity index (χ1v) is 11.3. The molecule has 2 saturated heterocycles. The van der Waals surface area contributed by atoms with Crippen molar-refractivity contribution in [3.8, 4) is 0 Å². The summed E-state index contributed by atoms with van der Waals surface area (Å²) >= 11 is 0. The highest BCUT2D eigenvalue weighted by Gasteiger charge is 2.32. The summed E-state index contributed by atoms with van der Waals surface area (Å²) in [6.07, 6.45) is 10.1. The van der Waals surface area contributed by atoms with Crippen molar-refractivity contribution in [2.75, 3.05) is 33.4 Å². The van der Waals surface area contributed by atoms with Gasteiger partial charge in [-0.3, -0.25) is 4.79 Å². The van der Waals surface area contributed by atoms with Crippen molar-refractivity contribution in [3.63, 3.8) is 0 Å². The number of aryl methyl sites for hydroxylation is 1. The van der Waals surface area contributed by atoms with E-state index in [-0.39, 0.29) is 5.91 Å². The maximum absolute atomic E-state index is 12.6. The first-order chi connectivity index (χ1) is 14.3. The highest BCUT2D eigenvalue weighted by Crippen LogP contribution is 2.30. The van der Waals surface area contributed by atoms with Gasteiger partial charge in [-0.25, -0.2) is 0 Å². The van der Waals surface area contributed by atoms with E-state index in [1.165, 1.54) is 61.7 Å². The van der Waals surface area contributed by atoms with Gasteiger partial charge in [0.15, 0.2) is 0 Å². The van der Waals surface area contributed by atoms with Crippen molar-refractivity contribution in [1.29, 1.82) is 0 Å². The summed E-state index contributed by atoms with van der Waals surface area (Å²) in [6, 6.07) is 9.14. The molecule has 0 aliphatic carbocycles. The molecule has 3 heterocycles. The Morgan fingerprint density at radius 1 is 1.17 bits per heavy atom. The lowest BCUT2D eigenvalue weighted by molar-refractivity contribution is -0.121. The van der Waals surface area contributed by atoms with Crippen molar-refractivity contribution < 1.29 is 9.53 Å². The summed E-state index contributed by atoms with van der Waals surface area (Å²) in [7, 11) is 1.73. The average Bonchev–Trinajstić information content (AvgIpc) is 3.12. The fourth-order valence-electron chi connectivity index (χ4n) is 5.29. The van der Waals surface area contributed by atoms with Gasteiger partial charge in [0.2, 0.25) is 5.91 Å². The highest BCUT2D eigenvalue weighted by molar-refractivity contribution is 5.85. The Bertz CT molecular complexity index is 814. The van der Waals surface area contributed by atoms with Crippen molar-refractivity contribution in [1.82, 2.24) is 14.8 Å². The zero-order valence-corrected chi connectivity index (χ0v) is 17.7. The summed E-state index contributed by atoms with van der Waals surface area (Å²) in [5.41, 5.74) is 2.47. The molecule has 4 rings (SSSR count). The molecule has 2 fully saturated rings. The van der Waals surface area contributed by atoms with Crippen LogP contribution in [0.15, 0.2) is 30.5 Å². The lowest BCUT2D eigenvalue weighted by Gasteiger charge is -2.44. The van der Waals surface area contributed by atoms with E-state index in [1.54, 1.807) is 7.11 Å². The molecule has 2 aliphatic heterocycles. The normalized spacial score (nSPS) is 22.5. The number of piperidine rings is 2. The predicted molar refractivity (Wildman–Crippen MR) is 117 cm³/mol. The summed E-state index contributed by atoms with van der Waals surface area (Å²) in [4.78, 5) is 15.2. The van der Waals surface area contributed by atoms with Gasteiger partial charge < -0.3 is 19.5 Å². The topological polar surface area (TPSA) is 46.5 Å². The van der Waals surface area contributed by atoms with Crippen LogP contribution in [0.4, 0.5) is 0 Å². The fraction of sp³-hybridized carbons (Fsp3) is 0.625. The lowest BCUT2D eigenvalue weighted by Crippen LogP contribution is -2.51. The number of aromatic nitrogens is 1. The van der Waals surface area contributed by atoms with Crippen LogP contribution < -0.4 is 5.32 Å². The van der Waals surface area contributed by atoms with E-state index in [1.807, 2.05) is 0 Å². The molecule has 0 saturated carbocycles. The van der Waals surface area contributed by atoms with E-state index in [9.17, 15) is 4.79 Å². The third kappa shape index (κ3) is 4.84.